The maximum Gasteiger partial charge on any atom is 0.287 e. The van der Waals surface area contributed by atoms with Crippen LogP contribution in [0.4, 0.5) is 10.1 Å². The Hall–Kier alpha value is -4.99. The summed E-state index contributed by atoms with van der Waals surface area (Å²) in [6, 6.07) is 18.9. The van der Waals surface area contributed by atoms with Crippen LogP contribution in [0, 0.1) is 5.82 Å². The lowest BCUT2D eigenvalue weighted by Gasteiger charge is -2.29. The van der Waals surface area contributed by atoms with Crippen LogP contribution < -0.4 is 19.7 Å². The second kappa shape index (κ2) is 11.6. The number of anilines is 1. The summed E-state index contributed by atoms with van der Waals surface area (Å²) in [4.78, 5) is 43.7. The van der Waals surface area contributed by atoms with Crippen molar-refractivity contribution in [2.24, 2.45) is 0 Å². The van der Waals surface area contributed by atoms with Gasteiger partial charge in [-0.1, -0.05) is 6.07 Å². The molecule has 4 aromatic rings. The molecular weight excluding hydrogens is 505 g/mol. The van der Waals surface area contributed by atoms with Crippen molar-refractivity contribution < 1.29 is 32.7 Å². The van der Waals surface area contributed by atoms with Crippen molar-refractivity contribution in [2.45, 2.75) is 13.0 Å². The molecule has 0 bridgehead atoms. The van der Waals surface area contributed by atoms with Crippen LogP contribution in [0.1, 0.15) is 32.4 Å². The Labute approximate surface area is 223 Å². The highest BCUT2D eigenvalue weighted by molar-refractivity contribution is 6.02. The third-order valence-electron chi connectivity index (χ3n) is 6.00. The van der Waals surface area contributed by atoms with Gasteiger partial charge in [-0.05, 0) is 66.7 Å². The van der Waals surface area contributed by atoms with Crippen molar-refractivity contribution in [3.8, 4) is 11.5 Å². The highest BCUT2D eigenvalue weighted by Crippen LogP contribution is 2.34. The third kappa shape index (κ3) is 6.30. The van der Waals surface area contributed by atoms with Gasteiger partial charge >= 0.3 is 0 Å². The molecule has 0 spiro atoms. The van der Waals surface area contributed by atoms with Crippen molar-refractivity contribution in [3.05, 3.63) is 108 Å². The number of benzene rings is 2. The van der Waals surface area contributed by atoms with Gasteiger partial charge < -0.3 is 19.2 Å². The number of carbonyl (C=O) groups is 3. The number of Topliss-reactive ketones (excluding diaryl/α,β-unsaturated/α-hetero) is 1. The van der Waals surface area contributed by atoms with Gasteiger partial charge in [-0.2, -0.15) is 0 Å². The summed E-state index contributed by atoms with van der Waals surface area (Å²) in [5, 5.41) is 2.79. The Bertz CT molecular complexity index is 1490. The first-order valence-electron chi connectivity index (χ1n) is 12.2. The average molecular weight is 530 g/mol. The quantitative estimate of drug-likeness (QED) is 0.310. The molecule has 2 aromatic carbocycles. The first-order valence-corrected chi connectivity index (χ1v) is 12.2. The van der Waals surface area contributed by atoms with Gasteiger partial charge in [0.1, 0.15) is 23.1 Å². The zero-order chi connectivity index (χ0) is 27.2. The second-order valence-electron chi connectivity index (χ2n) is 8.71. The molecule has 1 aliphatic rings. The summed E-state index contributed by atoms with van der Waals surface area (Å²) in [6.07, 6.45) is 2.27. The van der Waals surface area contributed by atoms with Crippen molar-refractivity contribution >= 4 is 23.3 Å². The molecule has 0 saturated carbocycles. The summed E-state index contributed by atoms with van der Waals surface area (Å²) < 4.78 is 29.8. The number of halogens is 1. The van der Waals surface area contributed by atoms with E-state index in [1.807, 2.05) is 18.2 Å². The van der Waals surface area contributed by atoms with E-state index >= 15 is 0 Å². The van der Waals surface area contributed by atoms with E-state index in [0.29, 0.717) is 41.5 Å². The molecule has 2 aromatic heterocycles. The lowest BCUT2D eigenvalue weighted by molar-refractivity contribution is -0.121. The van der Waals surface area contributed by atoms with Gasteiger partial charge in [0.15, 0.2) is 24.8 Å². The molecule has 0 fully saturated rings. The van der Waals surface area contributed by atoms with E-state index in [1.54, 1.807) is 36.5 Å². The lowest BCUT2D eigenvalue weighted by Crippen LogP contribution is -2.38. The number of fused-ring (bicyclic) bond motifs is 1. The number of ketones is 1. The normalized spacial score (nSPS) is 12.4. The van der Waals surface area contributed by atoms with Crippen LogP contribution >= 0.6 is 0 Å². The Morgan fingerprint density at radius 2 is 1.90 bits per heavy atom. The molecule has 39 heavy (non-hydrogen) atoms. The molecule has 0 atom stereocenters. The number of hydrogen-bond acceptors (Lipinski definition) is 7. The molecule has 0 saturated heterocycles. The van der Waals surface area contributed by atoms with E-state index in [1.165, 1.54) is 29.2 Å². The zero-order valence-corrected chi connectivity index (χ0v) is 20.8. The fourth-order valence-electron chi connectivity index (χ4n) is 3.99. The van der Waals surface area contributed by atoms with Crippen LogP contribution in [0.3, 0.4) is 0 Å². The molecule has 2 amide bonds. The molecule has 10 heteroatoms. The maximum atomic E-state index is 13.1. The number of pyridine rings is 1. The number of rotatable bonds is 10. The molecule has 1 N–H and O–H groups in total. The van der Waals surface area contributed by atoms with Crippen LogP contribution in [-0.2, 0) is 17.8 Å². The summed E-state index contributed by atoms with van der Waals surface area (Å²) >= 11 is 0. The highest BCUT2D eigenvalue weighted by Gasteiger charge is 2.28. The van der Waals surface area contributed by atoms with Crippen molar-refractivity contribution in [3.63, 3.8) is 0 Å². The molecular formula is C29H24FN3O6. The smallest absolute Gasteiger partial charge is 0.287 e. The summed E-state index contributed by atoms with van der Waals surface area (Å²) in [7, 11) is 0. The fraction of sp³-hybridized carbons (Fsp3) is 0.172. The number of ether oxygens (including phenoxy) is 2. The average Bonchev–Trinajstić information content (AvgIpc) is 3.43. The minimum absolute atomic E-state index is 0.0418. The van der Waals surface area contributed by atoms with Gasteiger partial charge in [-0.3, -0.25) is 24.3 Å². The maximum absolute atomic E-state index is 13.1. The molecule has 0 unspecified atom stereocenters. The van der Waals surface area contributed by atoms with Gasteiger partial charge in [0.2, 0.25) is 0 Å². The molecule has 0 aliphatic carbocycles. The van der Waals surface area contributed by atoms with Crippen LogP contribution in [0.15, 0.2) is 83.4 Å². The summed E-state index contributed by atoms with van der Waals surface area (Å²) in [6.45, 7) is -0.00518. The predicted octanol–water partition coefficient (Wildman–Crippen LogP) is 3.97. The van der Waals surface area contributed by atoms with E-state index in [2.05, 4.69) is 10.3 Å². The molecule has 0 radical (unpaired) electrons. The molecule has 198 valence electrons. The number of furan rings is 1. The summed E-state index contributed by atoms with van der Waals surface area (Å²) in [5.41, 5.74) is 1.57. The van der Waals surface area contributed by atoms with Crippen molar-refractivity contribution in [1.82, 2.24) is 10.3 Å². The highest BCUT2D eigenvalue weighted by atomic mass is 19.1. The van der Waals surface area contributed by atoms with E-state index in [4.69, 9.17) is 13.9 Å². The van der Waals surface area contributed by atoms with Gasteiger partial charge in [0, 0.05) is 30.4 Å². The van der Waals surface area contributed by atoms with Crippen molar-refractivity contribution in [1.29, 1.82) is 0 Å². The van der Waals surface area contributed by atoms with Gasteiger partial charge in [-0.15, -0.1) is 0 Å². The fourth-order valence-corrected chi connectivity index (χ4v) is 3.99. The summed E-state index contributed by atoms with van der Waals surface area (Å²) in [5.74, 6) is -0.133. The minimum atomic E-state index is -0.405. The third-order valence-corrected chi connectivity index (χ3v) is 6.00. The second-order valence-corrected chi connectivity index (χ2v) is 8.71. The number of amides is 2. The Balaban J connectivity index is 1.23. The number of carbonyl (C=O) groups excluding carboxylic acids is 3. The monoisotopic (exact) mass is 529 g/mol. The number of nitrogens with zero attached hydrogens (tertiary/aromatic N) is 2. The Morgan fingerprint density at radius 3 is 2.69 bits per heavy atom. The topological polar surface area (TPSA) is 111 Å². The van der Waals surface area contributed by atoms with Crippen LogP contribution in [0.25, 0.3) is 0 Å². The number of aromatic nitrogens is 1. The van der Waals surface area contributed by atoms with Gasteiger partial charge in [-0.25, -0.2) is 4.39 Å². The molecule has 5 rings (SSSR count). The standard InChI is InChI=1S/C29H24FN3O6/c30-20-5-7-22(8-6-20)37-17-25(34)19-4-10-26-24(15-19)33(28(35)18-38-26)16-23-9-11-27(39-23)29(36)32-14-12-21-3-1-2-13-31-21/h1-11,13,15H,12,14,16-18H2,(H,32,36). The zero-order valence-electron chi connectivity index (χ0n) is 20.8. The first kappa shape index (κ1) is 25.7. The number of nitrogens with one attached hydrogen (secondary N) is 1. The predicted molar refractivity (Wildman–Crippen MR) is 138 cm³/mol. The number of hydrogen-bond donors (Lipinski definition) is 1. The van der Waals surface area contributed by atoms with Crippen molar-refractivity contribution in [2.75, 3.05) is 24.7 Å². The Kier molecular flexibility index (Phi) is 7.63. The first-order chi connectivity index (χ1) is 19.0. The van der Waals surface area contributed by atoms with Crippen LogP contribution in [0.5, 0.6) is 11.5 Å². The van der Waals surface area contributed by atoms with E-state index in [-0.39, 0.29) is 43.1 Å². The SMILES string of the molecule is O=C(COc1ccc(F)cc1)c1ccc2c(c1)N(Cc1ccc(C(=O)NCCc3ccccn3)o1)C(=O)CO2. The van der Waals surface area contributed by atoms with Gasteiger partial charge in [0.05, 0.1) is 12.2 Å². The van der Waals surface area contributed by atoms with Crippen LogP contribution in [-0.4, -0.2) is 42.3 Å². The van der Waals surface area contributed by atoms with E-state index in [9.17, 15) is 18.8 Å². The van der Waals surface area contributed by atoms with E-state index in [0.717, 1.165) is 5.69 Å². The molecule has 1 aliphatic heterocycles. The lowest BCUT2D eigenvalue weighted by atomic mass is 10.1. The van der Waals surface area contributed by atoms with Crippen LogP contribution in [0.2, 0.25) is 0 Å². The molecule has 9 nitrogen and oxygen atoms in total. The molecule has 3 heterocycles. The van der Waals surface area contributed by atoms with E-state index < -0.39 is 5.82 Å². The minimum Gasteiger partial charge on any atom is -0.485 e. The largest absolute Gasteiger partial charge is 0.485 e. The Morgan fingerprint density at radius 1 is 1.05 bits per heavy atom. The van der Waals surface area contributed by atoms with Gasteiger partial charge in [0.25, 0.3) is 11.8 Å².